The SMILES string of the molecule is COC(=O)c1ccc2cnc(-c3ccccn3)n2c1. The number of rotatable bonds is 2. The van der Waals surface area contributed by atoms with E-state index in [-0.39, 0.29) is 5.97 Å². The molecule has 0 saturated heterocycles. The van der Waals surface area contributed by atoms with Gasteiger partial charge >= 0.3 is 5.97 Å². The van der Waals surface area contributed by atoms with E-state index < -0.39 is 0 Å². The van der Waals surface area contributed by atoms with Gasteiger partial charge in [-0.25, -0.2) is 9.78 Å². The first kappa shape index (κ1) is 11.4. The average molecular weight is 253 g/mol. The highest BCUT2D eigenvalue weighted by Gasteiger charge is 2.11. The molecule has 0 aliphatic heterocycles. The maximum absolute atomic E-state index is 11.6. The van der Waals surface area contributed by atoms with E-state index in [2.05, 4.69) is 9.97 Å². The van der Waals surface area contributed by atoms with Crippen molar-refractivity contribution in [2.75, 3.05) is 7.11 Å². The van der Waals surface area contributed by atoms with Gasteiger partial charge in [0.1, 0.15) is 5.69 Å². The highest BCUT2D eigenvalue weighted by Crippen LogP contribution is 2.18. The Labute approximate surface area is 109 Å². The minimum Gasteiger partial charge on any atom is -0.465 e. The van der Waals surface area contributed by atoms with Gasteiger partial charge < -0.3 is 4.74 Å². The summed E-state index contributed by atoms with van der Waals surface area (Å²) in [5.41, 5.74) is 2.13. The minimum absolute atomic E-state index is 0.373. The van der Waals surface area contributed by atoms with Gasteiger partial charge in [0.25, 0.3) is 0 Å². The van der Waals surface area contributed by atoms with E-state index in [0.29, 0.717) is 11.4 Å². The Kier molecular flexibility index (Phi) is 2.72. The number of aromatic nitrogens is 3. The van der Waals surface area contributed by atoms with Crippen molar-refractivity contribution in [3.8, 4) is 11.5 Å². The molecule has 0 spiro atoms. The molecule has 0 aromatic carbocycles. The maximum atomic E-state index is 11.6. The zero-order chi connectivity index (χ0) is 13.2. The number of carbonyl (C=O) groups excluding carboxylic acids is 1. The molecular weight excluding hydrogens is 242 g/mol. The molecule has 3 aromatic heterocycles. The van der Waals surface area contributed by atoms with Gasteiger partial charge in [-0.05, 0) is 24.3 Å². The lowest BCUT2D eigenvalue weighted by Crippen LogP contribution is -2.03. The Bertz CT molecular complexity index is 735. The molecular formula is C14H11N3O2. The summed E-state index contributed by atoms with van der Waals surface area (Å²) in [6.07, 6.45) is 5.16. The minimum atomic E-state index is -0.373. The number of esters is 1. The van der Waals surface area contributed by atoms with E-state index in [1.54, 1.807) is 24.7 Å². The second kappa shape index (κ2) is 4.53. The fraction of sp³-hybridized carbons (Fsp3) is 0.0714. The second-order valence-electron chi connectivity index (χ2n) is 4.00. The number of hydrogen-bond acceptors (Lipinski definition) is 4. The molecule has 3 rings (SSSR count). The van der Waals surface area contributed by atoms with Crippen LogP contribution < -0.4 is 0 Å². The third-order valence-electron chi connectivity index (χ3n) is 2.84. The van der Waals surface area contributed by atoms with Crippen LogP contribution in [0.3, 0.4) is 0 Å². The number of carbonyl (C=O) groups is 1. The predicted molar refractivity (Wildman–Crippen MR) is 69.8 cm³/mol. The summed E-state index contributed by atoms with van der Waals surface area (Å²) < 4.78 is 6.55. The first-order valence-corrected chi connectivity index (χ1v) is 5.76. The molecule has 0 fully saturated rings. The van der Waals surface area contributed by atoms with Crippen molar-refractivity contribution in [3.63, 3.8) is 0 Å². The maximum Gasteiger partial charge on any atom is 0.339 e. The van der Waals surface area contributed by atoms with Crippen LogP contribution in [0.2, 0.25) is 0 Å². The molecule has 3 aromatic rings. The van der Waals surface area contributed by atoms with Crippen LogP contribution in [0.4, 0.5) is 0 Å². The molecule has 0 aliphatic carbocycles. The molecule has 19 heavy (non-hydrogen) atoms. The van der Waals surface area contributed by atoms with Gasteiger partial charge in [0, 0.05) is 12.4 Å². The molecule has 0 amide bonds. The van der Waals surface area contributed by atoms with Gasteiger partial charge in [0.2, 0.25) is 0 Å². The van der Waals surface area contributed by atoms with E-state index in [1.165, 1.54) is 7.11 Å². The second-order valence-corrected chi connectivity index (χ2v) is 4.00. The third-order valence-corrected chi connectivity index (χ3v) is 2.84. The fourth-order valence-corrected chi connectivity index (χ4v) is 1.91. The molecule has 0 saturated carbocycles. The Morgan fingerprint density at radius 3 is 2.84 bits per heavy atom. The molecule has 0 bridgehead atoms. The molecule has 3 heterocycles. The lowest BCUT2D eigenvalue weighted by atomic mass is 10.2. The van der Waals surface area contributed by atoms with Crippen molar-refractivity contribution < 1.29 is 9.53 Å². The number of methoxy groups -OCH3 is 1. The zero-order valence-corrected chi connectivity index (χ0v) is 10.3. The van der Waals surface area contributed by atoms with Crippen molar-refractivity contribution in [1.29, 1.82) is 0 Å². The van der Waals surface area contributed by atoms with Crippen molar-refractivity contribution in [2.45, 2.75) is 0 Å². The topological polar surface area (TPSA) is 56.5 Å². The zero-order valence-electron chi connectivity index (χ0n) is 10.3. The highest BCUT2D eigenvalue weighted by molar-refractivity contribution is 5.89. The van der Waals surface area contributed by atoms with Gasteiger partial charge in [0.15, 0.2) is 5.82 Å². The lowest BCUT2D eigenvalue weighted by Gasteiger charge is -2.03. The summed E-state index contributed by atoms with van der Waals surface area (Å²) in [7, 11) is 1.36. The summed E-state index contributed by atoms with van der Waals surface area (Å²) in [4.78, 5) is 20.2. The van der Waals surface area contributed by atoms with E-state index in [9.17, 15) is 4.79 Å². The standard InChI is InChI=1S/C14H11N3O2/c1-19-14(18)10-5-6-11-8-16-13(17(11)9-10)12-4-2-3-7-15-12/h2-9H,1H3. The van der Waals surface area contributed by atoms with Crippen LogP contribution in [0.5, 0.6) is 0 Å². The van der Waals surface area contributed by atoms with Crippen molar-refractivity contribution in [3.05, 3.63) is 54.5 Å². The molecule has 0 N–H and O–H groups in total. The average Bonchev–Trinajstić information content (AvgIpc) is 2.90. The van der Waals surface area contributed by atoms with Crippen LogP contribution in [-0.4, -0.2) is 27.4 Å². The van der Waals surface area contributed by atoms with E-state index in [1.807, 2.05) is 28.7 Å². The molecule has 94 valence electrons. The summed E-state index contributed by atoms with van der Waals surface area (Å²) in [6, 6.07) is 9.16. The number of fused-ring (bicyclic) bond motifs is 1. The van der Waals surface area contributed by atoms with Crippen LogP contribution in [0, 0.1) is 0 Å². The smallest absolute Gasteiger partial charge is 0.339 e. The Balaban J connectivity index is 2.19. The quantitative estimate of drug-likeness (QED) is 0.657. The molecule has 0 atom stereocenters. The van der Waals surface area contributed by atoms with Gasteiger partial charge in [-0.3, -0.25) is 9.38 Å². The van der Waals surface area contributed by atoms with E-state index in [4.69, 9.17) is 4.74 Å². The number of imidazole rings is 1. The Morgan fingerprint density at radius 2 is 2.11 bits per heavy atom. The number of pyridine rings is 2. The van der Waals surface area contributed by atoms with Crippen LogP contribution in [0.15, 0.2) is 48.9 Å². The summed E-state index contributed by atoms with van der Waals surface area (Å²) in [6.45, 7) is 0. The van der Waals surface area contributed by atoms with E-state index in [0.717, 1.165) is 11.2 Å². The molecule has 0 aliphatic rings. The van der Waals surface area contributed by atoms with E-state index >= 15 is 0 Å². The van der Waals surface area contributed by atoms with Crippen LogP contribution in [0.25, 0.3) is 17.0 Å². The van der Waals surface area contributed by atoms with Crippen LogP contribution in [-0.2, 0) is 4.74 Å². The fourth-order valence-electron chi connectivity index (χ4n) is 1.91. The van der Waals surface area contributed by atoms with Crippen LogP contribution >= 0.6 is 0 Å². The van der Waals surface area contributed by atoms with Gasteiger partial charge in [-0.1, -0.05) is 6.07 Å². The normalized spacial score (nSPS) is 10.6. The monoisotopic (exact) mass is 253 g/mol. The van der Waals surface area contributed by atoms with Crippen LogP contribution in [0.1, 0.15) is 10.4 Å². The molecule has 5 heteroatoms. The molecule has 5 nitrogen and oxygen atoms in total. The predicted octanol–water partition coefficient (Wildman–Crippen LogP) is 2.18. The summed E-state index contributed by atoms with van der Waals surface area (Å²) in [5.74, 6) is 0.323. The molecule has 0 unspecified atom stereocenters. The summed E-state index contributed by atoms with van der Waals surface area (Å²) in [5, 5.41) is 0. The lowest BCUT2D eigenvalue weighted by molar-refractivity contribution is 0.0600. The first-order chi connectivity index (χ1) is 9.29. The van der Waals surface area contributed by atoms with Gasteiger partial charge in [-0.15, -0.1) is 0 Å². The first-order valence-electron chi connectivity index (χ1n) is 5.76. The van der Waals surface area contributed by atoms with Crippen molar-refractivity contribution in [1.82, 2.24) is 14.4 Å². The molecule has 0 radical (unpaired) electrons. The third kappa shape index (κ3) is 1.95. The van der Waals surface area contributed by atoms with Gasteiger partial charge in [0.05, 0.1) is 24.4 Å². The summed E-state index contributed by atoms with van der Waals surface area (Å²) >= 11 is 0. The Hall–Kier alpha value is -2.69. The highest BCUT2D eigenvalue weighted by atomic mass is 16.5. The van der Waals surface area contributed by atoms with Crippen molar-refractivity contribution >= 4 is 11.5 Å². The largest absolute Gasteiger partial charge is 0.465 e. The number of nitrogens with zero attached hydrogens (tertiary/aromatic N) is 3. The Morgan fingerprint density at radius 1 is 1.21 bits per heavy atom. The number of hydrogen-bond donors (Lipinski definition) is 0. The van der Waals surface area contributed by atoms with Crippen molar-refractivity contribution in [2.24, 2.45) is 0 Å². The number of ether oxygens (including phenoxy) is 1. The van der Waals surface area contributed by atoms with Gasteiger partial charge in [-0.2, -0.15) is 0 Å².